The average molecular weight is 537 g/mol. The smallest absolute Gasteiger partial charge is 0.253 e. The Hall–Kier alpha value is -3.83. The summed E-state index contributed by atoms with van der Waals surface area (Å²) in [7, 11) is -3.53. The van der Waals surface area contributed by atoms with Gasteiger partial charge in [-0.1, -0.05) is 26.0 Å². The highest BCUT2D eigenvalue weighted by atomic mass is 32.2. The van der Waals surface area contributed by atoms with Gasteiger partial charge in [0.25, 0.3) is 5.91 Å². The molecule has 1 N–H and O–H groups in total. The molecule has 200 valence electrons. The molecular weight excluding hydrogens is 504 g/mol. The number of amides is 2. The van der Waals surface area contributed by atoms with Crippen LogP contribution < -0.4 is 5.32 Å². The van der Waals surface area contributed by atoms with Crippen LogP contribution in [-0.2, 0) is 14.8 Å². The standard InChI is InChI=1S/C27H32N6O4S/c1-4-33(5-2)38(36,37)24-12-8-21(9-13-24)25-14-15-28-27(30-25)29-23-10-6-22(7-11-23)26(35)32-18-16-31(17-19-32)20(3)34/h6-15H,4-5,16-19H2,1-3H3,(H,28,29,30). The van der Waals surface area contributed by atoms with Crippen molar-refractivity contribution in [3.8, 4) is 11.3 Å². The number of hydrogen-bond donors (Lipinski definition) is 1. The van der Waals surface area contributed by atoms with E-state index >= 15 is 0 Å². The van der Waals surface area contributed by atoms with Gasteiger partial charge in [0.2, 0.25) is 21.9 Å². The first kappa shape index (κ1) is 27.2. The van der Waals surface area contributed by atoms with Gasteiger partial charge in [-0.15, -0.1) is 0 Å². The number of piperazine rings is 1. The molecule has 0 unspecified atom stereocenters. The maximum absolute atomic E-state index is 12.8. The molecule has 1 aromatic heterocycles. The third-order valence-electron chi connectivity index (χ3n) is 6.55. The molecule has 1 aliphatic heterocycles. The molecule has 0 saturated carbocycles. The molecule has 0 bridgehead atoms. The summed E-state index contributed by atoms with van der Waals surface area (Å²) in [6.07, 6.45) is 1.63. The number of aromatic nitrogens is 2. The molecule has 38 heavy (non-hydrogen) atoms. The quantitative estimate of drug-likeness (QED) is 0.470. The van der Waals surface area contributed by atoms with Gasteiger partial charge in [0.1, 0.15) is 0 Å². The van der Waals surface area contributed by atoms with Crippen LogP contribution >= 0.6 is 0 Å². The van der Waals surface area contributed by atoms with Crippen molar-refractivity contribution in [1.29, 1.82) is 0 Å². The highest BCUT2D eigenvalue weighted by Gasteiger charge is 2.23. The molecule has 0 atom stereocenters. The van der Waals surface area contributed by atoms with E-state index in [-0.39, 0.29) is 16.7 Å². The summed E-state index contributed by atoms with van der Waals surface area (Å²) in [5.41, 5.74) is 2.70. The molecule has 1 fully saturated rings. The Kier molecular flexibility index (Phi) is 8.38. The maximum atomic E-state index is 12.8. The Morgan fingerprint density at radius 3 is 2.08 bits per heavy atom. The lowest BCUT2D eigenvalue weighted by molar-refractivity contribution is -0.130. The lowest BCUT2D eigenvalue weighted by Crippen LogP contribution is -2.50. The number of nitrogens with one attached hydrogen (secondary N) is 1. The normalized spacial score (nSPS) is 14.0. The monoisotopic (exact) mass is 536 g/mol. The summed E-state index contributed by atoms with van der Waals surface area (Å²) in [6, 6.07) is 15.5. The van der Waals surface area contributed by atoms with Crippen molar-refractivity contribution in [3.63, 3.8) is 0 Å². The van der Waals surface area contributed by atoms with E-state index in [9.17, 15) is 18.0 Å². The number of sulfonamides is 1. The Balaban J connectivity index is 1.42. The zero-order valence-electron chi connectivity index (χ0n) is 21.8. The van der Waals surface area contributed by atoms with Gasteiger partial charge in [-0.2, -0.15) is 4.31 Å². The molecule has 3 aromatic rings. The van der Waals surface area contributed by atoms with Crippen LogP contribution in [0.25, 0.3) is 11.3 Å². The fourth-order valence-electron chi connectivity index (χ4n) is 4.32. The van der Waals surface area contributed by atoms with Crippen LogP contribution in [0.4, 0.5) is 11.6 Å². The van der Waals surface area contributed by atoms with E-state index in [0.29, 0.717) is 56.5 Å². The zero-order valence-corrected chi connectivity index (χ0v) is 22.6. The van der Waals surface area contributed by atoms with E-state index in [2.05, 4.69) is 15.3 Å². The lowest BCUT2D eigenvalue weighted by Gasteiger charge is -2.34. The third-order valence-corrected chi connectivity index (χ3v) is 8.61. The number of anilines is 2. The molecule has 2 heterocycles. The largest absolute Gasteiger partial charge is 0.339 e. The van der Waals surface area contributed by atoms with Gasteiger partial charge in [0.15, 0.2) is 0 Å². The highest BCUT2D eigenvalue weighted by Crippen LogP contribution is 2.23. The van der Waals surface area contributed by atoms with E-state index in [1.165, 1.54) is 4.31 Å². The van der Waals surface area contributed by atoms with Crippen LogP contribution in [0.2, 0.25) is 0 Å². The summed E-state index contributed by atoms with van der Waals surface area (Å²) in [4.78, 5) is 36.9. The van der Waals surface area contributed by atoms with Crippen LogP contribution in [0.3, 0.4) is 0 Å². The van der Waals surface area contributed by atoms with E-state index in [4.69, 9.17) is 0 Å². The number of carbonyl (C=O) groups excluding carboxylic acids is 2. The summed E-state index contributed by atoms with van der Waals surface area (Å²) in [6.45, 7) is 8.11. The Labute approximate surface area is 223 Å². The molecule has 1 aliphatic rings. The number of rotatable bonds is 8. The van der Waals surface area contributed by atoms with Crippen molar-refractivity contribution in [3.05, 3.63) is 66.4 Å². The Morgan fingerprint density at radius 1 is 0.895 bits per heavy atom. The molecular formula is C27H32N6O4S. The molecule has 1 saturated heterocycles. The second kappa shape index (κ2) is 11.7. The van der Waals surface area contributed by atoms with Gasteiger partial charge in [-0.3, -0.25) is 9.59 Å². The van der Waals surface area contributed by atoms with Crippen molar-refractivity contribution in [2.75, 3.05) is 44.6 Å². The molecule has 0 spiro atoms. The molecule has 4 rings (SSSR count). The van der Waals surface area contributed by atoms with Crippen molar-refractivity contribution < 1.29 is 18.0 Å². The van der Waals surface area contributed by atoms with Crippen LogP contribution in [-0.4, -0.2) is 83.6 Å². The Bertz CT molecular complexity index is 1380. The van der Waals surface area contributed by atoms with Gasteiger partial charge < -0.3 is 15.1 Å². The SMILES string of the molecule is CCN(CC)S(=O)(=O)c1ccc(-c2ccnc(Nc3ccc(C(=O)N4CCN(C(C)=O)CC4)cc3)n2)cc1. The van der Waals surface area contributed by atoms with E-state index in [1.54, 1.807) is 77.5 Å². The van der Waals surface area contributed by atoms with Crippen molar-refractivity contribution in [2.45, 2.75) is 25.7 Å². The predicted molar refractivity (Wildman–Crippen MR) is 145 cm³/mol. The number of nitrogens with zero attached hydrogens (tertiary/aromatic N) is 5. The first-order valence-electron chi connectivity index (χ1n) is 12.6. The lowest BCUT2D eigenvalue weighted by atomic mass is 10.1. The van der Waals surface area contributed by atoms with E-state index < -0.39 is 10.0 Å². The first-order valence-corrected chi connectivity index (χ1v) is 14.0. The number of hydrogen-bond acceptors (Lipinski definition) is 7. The zero-order chi connectivity index (χ0) is 27.3. The molecule has 2 aromatic carbocycles. The highest BCUT2D eigenvalue weighted by molar-refractivity contribution is 7.89. The minimum atomic E-state index is -3.53. The molecule has 0 radical (unpaired) electrons. The fraction of sp³-hybridized carbons (Fsp3) is 0.333. The molecule has 0 aliphatic carbocycles. The summed E-state index contributed by atoms with van der Waals surface area (Å²) in [5, 5.41) is 3.15. The molecule has 10 nitrogen and oxygen atoms in total. The van der Waals surface area contributed by atoms with E-state index in [0.717, 1.165) is 11.3 Å². The number of carbonyl (C=O) groups is 2. The van der Waals surface area contributed by atoms with Crippen molar-refractivity contribution in [2.24, 2.45) is 0 Å². The fourth-order valence-corrected chi connectivity index (χ4v) is 5.78. The second-order valence-electron chi connectivity index (χ2n) is 8.88. The van der Waals surface area contributed by atoms with Crippen LogP contribution in [0.5, 0.6) is 0 Å². The van der Waals surface area contributed by atoms with Crippen LogP contribution in [0.15, 0.2) is 65.7 Å². The topological polar surface area (TPSA) is 116 Å². The molecule has 2 amide bonds. The van der Waals surface area contributed by atoms with Gasteiger partial charge in [0, 0.05) is 69.2 Å². The Morgan fingerprint density at radius 2 is 1.50 bits per heavy atom. The van der Waals surface area contributed by atoms with Gasteiger partial charge >= 0.3 is 0 Å². The molecule has 11 heteroatoms. The second-order valence-corrected chi connectivity index (χ2v) is 10.8. The summed E-state index contributed by atoms with van der Waals surface area (Å²) >= 11 is 0. The van der Waals surface area contributed by atoms with Crippen LogP contribution in [0, 0.1) is 0 Å². The van der Waals surface area contributed by atoms with Crippen molar-refractivity contribution >= 4 is 33.5 Å². The summed E-state index contributed by atoms with van der Waals surface area (Å²) < 4.78 is 26.9. The van der Waals surface area contributed by atoms with Gasteiger partial charge in [0.05, 0.1) is 10.6 Å². The summed E-state index contributed by atoms with van der Waals surface area (Å²) in [5.74, 6) is 0.338. The predicted octanol–water partition coefficient (Wildman–Crippen LogP) is 3.22. The van der Waals surface area contributed by atoms with Gasteiger partial charge in [-0.25, -0.2) is 18.4 Å². The van der Waals surface area contributed by atoms with E-state index in [1.807, 2.05) is 13.8 Å². The number of benzene rings is 2. The third kappa shape index (κ3) is 6.00. The van der Waals surface area contributed by atoms with Crippen molar-refractivity contribution in [1.82, 2.24) is 24.1 Å². The van der Waals surface area contributed by atoms with Crippen LogP contribution in [0.1, 0.15) is 31.1 Å². The van der Waals surface area contributed by atoms with Gasteiger partial charge in [-0.05, 0) is 42.5 Å². The minimum absolute atomic E-state index is 0.0269. The maximum Gasteiger partial charge on any atom is 0.253 e. The first-order chi connectivity index (χ1) is 18.2. The minimum Gasteiger partial charge on any atom is -0.339 e. The average Bonchev–Trinajstić information content (AvgIpc) is 2.94.